The van der Waals surface area contributed by atoms with E-state index in [1.807, 2.05) is 0 Å². The second-order valence-electron chi connectivity index (χ2n) is 5.98. The van der Waals surface area contributed by atoms with Gasteiger partial charge < -0.3 is 5.32 Å². The van der Waals surface area contributed by atoms with Gasteiger partial charge in [0.1, 0.15) is 0 Å². The van der Waals surface area contributed by atoms with E-state index >= 15 is 0 Å². The third-order valence-corrected chi connectivity index (χ3v) is 5.98. The van der Waals surface area contributed by atoms with Crippen LogP contribution >= 0.6 is 0 Å². The van der Waals surface area contributed by atoms with Crippen LogP contribution in [-0.2, 0) is 9.84 Å². The lowest BCUT2D eigenvalue weighted by Gasteiger charge is -2.23. The molecule has 1 saturated heterocycles. The first-order chi connectivity index (χ1) is 9.41. The zero-order valence-corrected chi connectivity index (χ0v) is 13.5. The summed E-state index contributed by atoms with van der Waals surface area (Å²) < 4.78 is 23.2. The maximum Gasteiger partial charge on any atom is 0.150 e. The number of rotatable bonds is 5. The summed E-state index contributed by atoms with van der Waals surface area (Å²) in [6.07, 6.45) is 1.73. The van der Waals surface area contributed by atoms with E-state index in [4.69, 9.17) is 0 Å². The van der Waals surface area contributed by atoms with E-state index in [0.717, 1.165) is 19.4 Å². The Morgan fingerprint density at radius 3 is 2.65 bits per heavy atom. The number of benzene rings is 1. The highest BCUT2D eigenvalue weighted by Crippen LogP contribution is 2.30. The Balaban J connectivity index is 2.15. The van der Waals surface area contributed by atoms with Crippen molar-refractivity contribution in [1.29, 1.82) is 0 Å². The monoisotopic (exact) mass is 295 g/mol. The van der Waals surface area contributed by atoms with Gasteiger partial charge in [-0.15, -0.1) is 0 Å². The molecule has 0 saturated carbocycles. The summed E-state index contributed by atoms with van der Waals surface area (Å²) in [5.74, 6) is 1.02. The van der Waals surface area contributed by atoms with Crippen LogP contribution in [0.15, 0.2) is 18.2 Å². The molecule has 3 nitrogen and oxygen atoms in total. The first kappa shape index (κ1) is 15.5. The minimum absolute atomic E-state index is 0.263. The second-order valence-corrected chi connectivity index (χ2v) is 8.20. The van der Waals surface area contributed by atoms with Gasteiger partial charge in [0.05, 0.1) is 11.5 Å². The Bertz CT molecular complexity index is 566. The van der Waals surface area contributed by atoms with Crippen molar-refractivity contribution in [1.82, 2.24) is 5.32 Å². The number of hydrogen-bond donors (Lipinski definition) is 1. The number of nitrogens with one attached hydrogen (secondary N) is 1. The fourth-order valence-electron chi connectivity index (χ4n) is 3.17. The Hall–Kier alpha value is -0.870. The smallest absolute Gasteiger partial charge is 0.150 e. The average Bonchev–Trinajstić information content (AvgIpc) is 2.68. The zero-order valence-electron chi connectivity index (χ0n) is 12.6. The van der Waals surface area contributed by atoms with Crippen LogP contribution in [-0.4, -0.2) is 26.5 Å². The Morgan fingerprint density at radius 1 is 1.35 bits per heavy atom. The molecule has 0 aliphatic carbocycles. The van der Waals surface area contributed by atoms with Crippen LogP contribution in [0.1, 0.15) is 42.5 Å². The number of aryl methyl sites for hydroxylation is 2. The van der Waals surface area contributed by atoms with Crippen molar-refractivity contribution in [3.63, 3.8) is 0 Å². The van der Waals surface area contributed by atoms with E-state index in [2.05, 4.69) is 44.3 Å². The average molecular weight is 295 g/mol. The van der Waals surface area contributed by atoms with Crippen LogP contribution in [0.5, 0.6) is 0 Å². The maximum absolute atomic E-state index is 11.6. The van der Waals surface area contributed by atoms with Gasteiger partial charge in [0.2, 0.25) is 0 Å². The molecule has 1 aliphatic rings. The van der Waals surface area contributed by atoms with Crippen molar-refractivity contribution in [2.45, 2.75) is 39.7 Å². The molecule has 0 amide bonds. The van der Waals surface area contributed by atoms with Crippen LogP contribution < -0.4 is 5.32 Å². The van der Waals surface area contributed by atoms with Crippen LogP contribution in [0.3, 0.4) is 0 Å². The number of sulfone groups is 1. The first-order valence-electron chi connectivity index (χ1n) is 7.42. The molecular formula is C16H25NO2S. The van der Waals surface area contributed by atoms with Gasteiger partial charge >= 0.3 is 0 Å². The molecule has 20 heavy (non-hydrogen) atoms. The van der Waals surface area contributed by atoms with E-state index < -0.39 is 9.84 Å². The highest BCUT2D eigenvalue weighted by molar-refractivity contribution is 7.91. The van der Waals surface area contributed by atoms with Crippen molar-refractivity contribution in [2.75, 3.05) is 18.1 Å². The van der Waals surface area contributed by atoms with Crippen LogP contribution in [0, 0.1) is 19.8 Å². The predicted octanol–water partition coefficient (Wildman–Crippen LogP) is 2.78. The molecule has 1 aromatic rings. The quantitative estimate of drug-likeness (QED) is 0.908. The van der Waals surface area contributed by atoms with E-state index in [1.165, 1.54) is 16.7 Å². The van der Waals surface area contributed by atoms with Gasteiger partial charge in [-0.3, -0.25) is 0 Å². The molecule has 4 heteroatoms. The van der Waals surface area contributed by atoms with Crippen molar-refractivity contribution in [3.05, 3.63) is 34.9 Å². The van der Waals surface area contributed by atoms with Crippen LogP contribution in [0.2, 0.25) is 0 Å². The summed E-state index contributed by atoms with van der Waals surface area (Å²) >= 11 is 0. The summed E-state index contributed by atoms with van der Waals surface area (Å²) in [5.41, 5.74) is 3.86. The normalized spacial score (nSPS) is 22.9. The lowest BCUT2D eigenvalue weighted by molar-refractivity contribution is 0.420. The molecule has 1 N–H and O–H groups in total. The van der Waals surface area contributed by atoms with E-state index in [0.29, 0.717) is 17.4 Å². The molecular weight excluding hydrogens is 270 g/mol. The standard InChI is InChI=1S/C16H25NO2S/c1-4-17-16(10-14-7-8-20(18,19)11-14)15-6-5-12(2)9-13(15)3/h5-6,9,14,16-17H,4,7-8,10-11H2,1-3H3. The van der Waals surface area contributed by atoms with Crippen LogP contribution in [0.25, 0.3) is 0 Å². The Morgan fingerprint density at radius 2 is 2.10 bits per heavy atom. The largest absolute Gasteiger partial charge is 0.310 e. The molecule has 2 rings (SSSR count). The van der Waals surface area contributed by atoms with Crippen molar-refractivity contribution < 1.29 is 8.42 Å². The Labute approximate surface area is 122 Å². The molecule has 0 radical (unpaired) electrons. The van der Waals surface area contributed by atoms with Gasteiger partial charge in [-0.05, 0) is 50.3 Å². The second kappa shape index (κ2) is 6.27. The molecule has 0 aromatic heterocycles. The highest BCUT2D eigenvalue weighted by Gasteiger charge is 2.30. The Kier molecular flexibility index (Phi) is 4.86. The van der Waals surface area contributed by atoms with Gasteiger partial charge in [-0.25, -0.2) is 8.42 Å². The third-order valence-electron chi connectivity index (χ3n) is 4.15. The molecule has 1 aromatic carbocycles. The topological polar surface area (TPSA) is 46.2 Å². The van der Waals surface area contributed by atoms with E-state index in [-0.39, 0.29) is 6.04 Å². The number of hydrogen-bond acceptors (Lipinski definition) is 3. The fraction of sp³-hybridized carbons (Fsp3) is 0.625. The van der Waals surface area contributed by atoms with Gasteiger partial charge in [0, 0.05) is 6.04 Å². The maximum atomic E-state index is 11.6. The lowest BCUT2D eigenvalue weighted by atomic mass is 9.91. The zero-order chi connectivity index (χ0) is 14.8. The molecule has 2 unspecified atom stereocenters. The van der Waals surface area contributed by atoms with Crippen molar-refractivity contribution in [3.8, 4) is 0 Å². The predicted molar refractivity (Wildman–Crippen MR) is 83.7 cm³/mol. The molecule has 2 atom stereocenters. The fourth-order valence-corrected chi connectivity index (χ4v) is 5.05. The minimum atomic E-state index is -2.78. The minimum Gasteiger partial charge on any atom is -0.310 e. The third kappa shape index (κ3) is 3.83. The molecule has 1 aliphatic heterocycles. The summed E-state index contributed by atoms with van der Waals surface area (Å²) in [6, 6.07) is 6.78. The molecule has 0 bridgehead atoms. The van der Waals surface area contributed by atoms with Crippen LogP contribution in [0.4, 0.5) is 0 Å². The molecule has 1 fully saturated rings. The van der Waals surface area contributed by atoms with Gasteiger partial charge in [-0.1, -0.05) is 30.7 Å². The van der Waals surface area contributed by atoms with E-state index in [9.17, 15) is 8.42 Å². The van der Waals surface area contributed by atoms with Crippen molar-refractivity contribution in [2.24, 2.45) is 5.92 Å². The first-order valence-corrected chi connectivity index (χ1v) is 9.24. The summed E-state index contributed by atoms with van der Waals surface area (Å²) in [5, 5.41) is 3.52. The van der Waals surface area contributed by atoms with Gasteiger partial charge in [0.15, 0.2) is 9.84 Å². The summed E-state index contributed by atoms with van der Waals surface area (Å²) in [7, 11) is -2.78. The van der Waals surface area contributed by atoms with Gasteiger partial charge in [-0.2, -0.15) is 0 Å². The van der Waals surface area contributed by atoms with Gasteiger partial charge in [0.25, 0.3) is 0 Å². The molecule has 1 heterocycles. The highest BCUT2D eigenvalue weighted by atomic mass is 32.2. The summed E-state index contributed by atoms with van der Waals surface area (Å²) in [4.78, 5) is 0. The molecule has 0 spiro atoms. The summed E-state index contributed by atoms with van der Waals surface area (Å²) in [6.45, 7) is 7.24. The lowest BCUT2D eigenvalue weighted by Crippen LogP contribution is -2.24. The SMILES string of the molecule is CCNC(CC1CCS(=O)(=O)C1)c1ccc(C)cc1C. The van der Waals surface area contributed by atoms with Crippen molar-refractivity contribution >= 4 is 9.84 Å². The van der Waals surface area contributed by atoms with E-state index in [1.54, 1.807) is 0 Å². The molecule has 112 valence electrons.